The van der Waals surface area contributed by atoms with Crippen LogP contribution in [-0.2, 0) is 32.0 Å². The maximum absolute atomic E-state index is 12.5. The van der Waals surface area contributed by atoms with Gasteiger partial charge in [0.05, 0.1) is 23.5 Å². The molecule has 6 nitrogen and oxygen atoms in total. The number of ether oxygens (including phenoxy) is 2. The maximum Gasteiger partial charge on any atom is 0.313 e. The molecule has 0 bridgehead atoms. The lowest BCUT2D eigenvalue weighted by Gasteiger charge is -2.24. The first-order valence-corrected chi connectivity index (χ1v) is 10.8. The highest BCUT2D eigenvalue weighted by Crippen LogP contribution is 2.52. The first kappa shape index (κ1) is 22.1. The second kappa shape index (κ2) is 8.79. The van der Waals surface area contributed by atoms with Crippen molar-refractivity contribution in [3.8, 4) is 5.75 Å². The zero-order valence-corrected chi connectivity index (χ0v) is 18.5. The molecular formula is C25H24ClNO5. The second-order valence-electron chi connectivity index (χ2n) is 8.54. The lowest BCUT2D eigenvalue weighted by molar-refractivity contribution is -0.146. The van der Waals surface area contributed by atoms with Gasteiger partial charge in [0.2, 0.25) is 5.91 Å². The minimum atomic E-state index is -0.501. The van der Waals surface area contributed by atoms with Crippen molar-refractivity contribution < 1.29 is 23.9 Å². The Hall–Kier alpha value is -3.12. The van der Waals surface area contributed by atoms with Gasteiger partial charge in [-0.05, 0) is 54.7 Å². The molecule has 0 spiro atoms. The Bertz CT molecular complexity index is 1090. The Balaban J connectivity index is 1.37. The Morgan fingerprint density at radius 1 is 1.22 bits per heavy atom. The van der Waals surface area contributed by atoms with Gasteiger partial charge in [0.25, 0.3) is 0 Å². The van der Waals surface area contributed by atoms with E-state index < -0.39 is 11.4 Å². The van der Waals surface area contributed by atoms with Crippen LogP contribution in [0.25, 0.3) is 0 Å². The van der Waals surface area contributed by atoms with Crippen molar-refractivity contribution in [3.05, 3.63) is 70.8 Å². The van der Waals surface area contributed by atoms with Gasteiger partial charge in [-0.1, -0.05) is 42.0 Å². The number of allylic oxidation sites excluding steroid dienone is 1. The van der Waals surface area contributed by atoms with Gasteiger partial charge in [0.1, 0.15) is 5.75 Å². The highest BCUT2D eigenvalue weighted by atomic mass is 35.5. The predicted octanol–water partition coefficient (Wildman–Crippen LogP) is 4.50. The summed E-state index contributed by atoms with van der Waals surface area (Å²) in [7, 11) is 0. The molecule has 7 heteroatoms. The molecule has 1 heterocycles. The molecule has 1 saturated carbocycles. The number of halogens is 1. The number of esters is 2. The van der Waals surface area contributed by atoms with Gasteiger partial charge in [-0.15, -0.1) is 0 Å². The normalized spacial score (nSPS) is 21.8. The van der Waals surface area contributed by atoms with Crippen molar-refractivity contribution in [2.75, 3.05) is 11.9 Å². The third-order valence-electron chi connectivity index (χ3n) is 6.08. The van der Waals surface area contributed by atoms with Crippen molar-refractivity contribution >= 4 is 35.1 Å². The first-order chi connectivity index (χ1) is 15.2. The number of hydrogen-bond donors (Lipinski definition) is 1. The van der Waals surface area contributed by atoms with Crippen LogP contribution in [-0.4, -0.2) is 24.5 Å². The van der Waals surface area contributed by atoms with Gasteiger partial charge in [-0.3, -0.25) is 14.4 Å². The zero-order chi connectivity index (χ0) is 22.9. The summed E-state index contributed by atoms with van der Waals surface area (Å²) in [5, 5.41) is 3.14. The third kappa shape index (κ3) is 4.55. The number of fused-ring (bicyclic) bond motifs is 1. The lowest BCUT2D eigenvalue weighted by Crippen LogP contribution is -2.31. The number of amides is 1. The molecule has 1 aliphatic carbocycles. The lowest BCUT2D eigenvalue weighted by atomic mass is 9.75. The van der Waals surface area contributed by atoms with Gasteiger partial charge in [0, 0.05) is 18.5 Å². The molecule has 2 unspecified atom stereocenters. The quantitative estimate of drug-likeness (QED) is 0.395. The molecule has 2 aromatic carbocycles. The summed E-state index contributed by atoms with van der Waals surface area (Å²) in [4.78, 5) is 36.0. The van der Waals surface area contributed by atoms with Crippen LogP contribution in [0.1, 0.15) is 30.9 Å². The van der Waals surface area contributed by atoms with E-state index in [1.54, 1.807) is 18.2 Å². The average molecular weight is 454 g/mol. The van der Waals surface area contributed by atoms with Gasteiger partial charge < -0.3 is 14.8 Å². The summed E-state index contributed by atoms with van der Waals surface area (Å²) in [6.07, 6.45) is 2.25. The van der Waals surface area contributed by atoms with E-state index in [0.717, 1.165) is 17.6 Å². The van der Waals surface area contributed by atoms with E-state index in [1.165, 1.54) is 6.92 Å². The Labute approximate surface area is 191 Å². The highest BCUT2D eigenvalue weighted by molar-refractivity contribution is 6.32. The molecule has 2 fully saturated rings. The van der Waals surface area contributed by atoms with Crippen LogP contribution in [0.4, 0.5) is 5.69 Å². The molecule has 1 saturated heterocycles. The Morgan fingerprint density at radius 2 is 1.94 bits per heavy atom. The number of anilines is 1. The highest BCUT2D eigenvalue weighted by Gasteiger charge is 2.55. The molecule has 166 valence electrons. The second-order valence-corrected chi connectivity index (χ2v) is 8.95. The molecular weight excluding hydrogens is 430 g/mol. The molecule has 1 N–H and O–H groups in total. The molecule has 1 aliphatic heterocycles. The fraction of sp³-hybridized carbons (Fsp3) is 0.320. The summed E-state index contributed by atoms with van der Waals surface area (Å²) in [5.41, 5.74) is 3.00. The van der Waals surface area contributed by atoms with Crippen LogP contribution < -0.4 is 10.1 Å². The smallest absolute Gasteiger partial charge is 0.313 e. The van der Waals surface area contributed by atoms with Crippen LogP contribution in [0.5, 0.6) is 5.75 Å². The van der Waals surface area contributed by atoms with Gasteiger partial charge in [0.15, 0.2) is 0 Å². The number of hydrogen-bond acceptors (Lipinski definition) is 5. The summed E-state index contributed by atoms with van der Waals surface area (Å²) in [6.45, 7) is 5.84. The van der Waals surface area contributed by atoms with E-state index >= 15 is 0 Å². The number of cyclic esters (lactones) is 1. The van der Waals surface area contributed by atoms with Crippen LogP contribution in [0.15, 0.2) is 54.6 Å². The number of benzene rings is 2. The molecule has 0 aromatic heterocycles. The van der Waals surface area contributed by atoms with Crippen LogP contribution in [0, 0.1) is 11.3 Å². The van der Waals surface area contributed by atoms with Gasteiger partial charge >= 0.3 is 11.9 Å². The number of rotatable bonds is 6. The molecule has 4 rings (SSSR count). The van der Waals surface area contributed by atoms with E-state index in [0.29, 0.717) is 30.7 Å². The van der Waals surface area contributed by atoms with Gasteiger partial charge in [-0.2, -0.15) is 0 Å². The van der Waals surface area contributed by atoms with Crippen molar-refractivity contribution in [2.45, 2.75) is 32.6 Å². The third-order valence-corrected chi connectivity index (χ3v) is 6.37. The van der Waals surface area contributed by atoms with Crippen molar-refractivity contribution in [1.82, 2.24) is 0 Å². The first-order valence-electron chi connectivity index (χ1n) is 10.4. The minimum absolute atomic E-state index is 0.126. The fourth-order valence-corrected chi connectivity index (χ4v) is 4.86. The van der Waals surface area contributed by atoms with Crippen LogP contribution >= 0.6 is 11.6 Å². The van der Waals surface area contributed by atoms with Crippen molar-refractivity contribution in [1.29, 1.82) is 0 Å². The molecule has 32 heavy (non-hydrogen) atoms. The minimum Gasteiger partial charge on any atom is -0.465 e. The van der Waals surface area contributed by atoms with Gasteiger partial charge in [-0.25, -0.2) is 0 Å². The summed E-state index contributed by atoms with van der Waals surface area (Å²) < 4.78 is 10.3. The Morgan fingerprint density at radius 3 is 2.62 bits per heavy atom. The van der Waals surface area contributed by atoms with E-state index in [9.17, 15) is 14.4 Å². The van der Waals surface area contributed by atoms with E-state index in [1.807, 2.05) is 24.3 Å². The summed E-state index contributed by atoms with van der Waals surface area (Å²) >= 11 is 6.11. The monoisotopic (exact) mass is 453 g/mol. The summed E-state index contributed by atoms with van der Waals surface area (Å²) in [6, 6.07) is 12.4. The topological polar surface area (TPSA) is 81.7 Å². The van der Waals surface area contributed by atoms with Crippen LogP contribution in [0.2, 0.25) is 5.02 Å². The fourth-order valence-electron chi connectivity index (χ4n) is 4.62. The Kier molecular flexibility index (Phi) is 6.07. The zero-order valence-electron chi connectivity index (χ0n) is 17.8. The number of nitrogens with one attached hydrogen (secondary N) is 1. The number of carbonyl (C=O) groups excluding carboxylic acids is 3. The average Bonchev–Trinajstić information content (AvgIpc) is 3.19. The van der Waals surface area contributed by atoms with Crippen LogP contribution in [0.3, 0.4) is 0 Å². The van der Waals surface area contributed by atoms with E-state index in [2.05, 4.69) is 11.9 Å². The van der Waals surface area contributed by atoms with E-state index in [-0.39, 0.29) is 35.0 Å². The van der Waals surface area contributed by atoms with Crippen molar-refractivity contribution in [3.63, 3.8) is 0 Å². The SMILES string of the molecule is C=C1CC2COC(=O)C2(Cc2ccc(NC(=O)Cc3ccc(OC(C)=O)c(Cl)c3)cc2)C1. The molecule has 2 aliphatic rings. The number of carbonyl (C=O) groups is 3. The standard InChI is InChI=1S/C25H24ClNO5/c1-15-9-19-14-31-24(30)25(19,12-15)13-17-3-6-20(7-4-17)27-23(29)11-18-5-8-22(21(26)10-18)32-16(2)28/h3-8,10,19H,1,9,11-14H2,2H3,(H,27,29). The van der Waals surface area contributed by atoms with Crippen molar-refractivity contribution in [2.24, 2.45) is 11.3 Å². The maximum atomic E-state index is 12.5. The molecule has 2 aromatic rings. The molecule has 1 amide bonds. The predicted molar refractivity (Wildman–Crippen MR) is 120 cm³/mol. The molecule has 2 atom stereocenters. The molecule has 0 radical (unpaired) electrons. The summed E-state index contributed by atoms with van der Waals surface area (Å²) in [5.74, 6) is -0.326. The largest absolute Gasteiger partial charge is 0.465 e. The van der Waals surface area contributed by atoms with E-state index in [4.69, 9.17) is 21.1 Å².